The molecule has 3 aromatic rings. The Morgan fingerprint density at radius 2 is 2.00 bits per heavy atom. The second-order valence-corrected chi connectivity index (χ2v) is 6.02. The van der Waals surface area contributed by atoms with Gasteiger partial charge in [-0.05, 0) is 56.0 Å². The molecule has 2 aromatic heterocycles. The average molecular weight is 309 g/mol. The van der Waals surface area contributed by atoms with Crippen LogP contribution in [-0.4, -0.2) is 20.8 Å². The SMILES string of the molecule is CCOc1ccc(-c2cc3c(=O)n(CC4CC4)ccn3n2)cc1. The van der Waals surface area contributed by atoms with Crippen LogP contribution in [0.1, 0.15) is 19.8 Å². The maximum absolute atomic E-state index is 12.6. The van der Waals surface area contributed by atoms with Crippen molar-refractivity contribution in [3.8, 4) is 17.0 Å². The fourth-order valence-electron chi connectivity index (χ4n) is 2.78. The first-order chi connectivity index (χ1) is 11.2. The Bertz CT molecular complexity index is 889. The summed E-state index contributed by atoms with van der Waals surface area (Å²) >= 11 is 0. The molecule has 1 saturated carbocycles. The minimum Gasteiger partial charge on any atom is -0.494 e. The van der Waals surface area contributed by atoms with Crippen molar-refractivity contribution in [1.29, 1.82) is 0 Å². The van der Waals surface area contributed by atoms with Gasteiger partial charge in [-0.2, -0.15) is 5.10 Å². The van der Waals surface area contributed by atoms with E-state index < -0.39 is 0 Å². The molecule has 1 aliphatic rings. The third kappa shape index (κ3) is 2.74. The van der Waals surface area contributed by atoms with Crippen LogP contribution >= 0.6 is 0 Å². The molecular weight excluding hydrogens is 290 g/mol. The van der Waals surface area contributed by atoms with Gasteiger partial charge in [-0.3, -0.25) is 4.79 Å². The average Bonchev–Trinajstić information content (AvgIpc) is 3.27. The van der Waals surface area contributed by atoms with Gasteiger partial charge in [0.15, 0.2) is 0 Å². The number of hydrogen-bond donors (Lipinski definition) is 0. The highest BCUT2D eigenvalue weighted by molar-refractivity contribution is 5.66. The predicted octanol–water partition coefficient (Wildman–Crippen LogP) is 2.97. The fraction of sp³-hybridized carbons (Fsp3) is 0.333. The molecule has 5 heteroatoms. The molecule has 1 aromatic carbocycles. The molecule has 1 aliphatic carbocycles. The molecular formula is C18H19N3O2. The first-order valence-corrected chi connectivity index (χ1v) is 8.06. The summed E-state index contributed by atoms with van der Waals surface area (Å²) in [5.74, 6) is 1.51. The van der Waals surface area contributed by atoms with Crippen LogP contribution in [0.25, 0.3) is 16.8 Å². The summed E-state index contributed by atoms with van der Waals surface area (Å²) in [6, 6.07) is 9.65. The van der Waals surface area contributed by atoms with Gasteiger partial charge < -0.3 is 9.30 Å². The fourth-order valence-corrected chi connectivity index (χ4v) is 2.78. The third-order valence-corrected chi connectivity index (χ3v) is 4.22. The molecule has 0 saturated heterocycles. The molecule has 0 N–H and O–H groups in total. The highest BCUT2D eigenvalue weighted by Gasteiger charge is 2.22. The van der Waals surface area contributed by atoms with Crippen molar-refractivity contribution in [2.24, 2.45) is 5.92 Å². The lowest BCUT2D eigenvalue weighted by Gasteiger charge is -2.03. The van der Waals surface area contributed by atoms with E-state index in [1.54, 1.807) is 9.08 Å². The van der Waals surface area contributed by atoms with Crippen molar-refractivity contribution < 1.29 is 4.74 Å². The Balaban J connectivity index is 1.70. The molecule has 0 aliphatic heterocycles. The Hall–Kier alpha value is -2.56. The number of aromatic nitrogens is 3. The summed E-state index contributed by atoms with van der Waals surface area (Å²) in [6.07, 6.45) is 6.16. The van der Waals surface area contributed by atoms with Crippen LogP contribution in [0.15, 0.2) is 47.5 Å². The van der Waals surface area contributed by atoms with E-state index in [0.717, 1.165) is 23.6 Å². The van der Waals surface area contributed by atoms with E-state index in [9.17, 15) is 4.79 Å². The van der Waals surface area contributed by atoms with Crippen molar-refractivity contribution in [3.05, 3.63) is 53.1 Å². The summed E-state index contributed by atoms with van der Waals surface area (Å²) in [6.45, 7) is 3.43. The van der Waals surface area contributed by atoms with E-state index in [0.29, 0.717) is 18.0 Å². The van der Waals surface area contributed by atoms with Gasteiger partial charge in [0.25, 0.3) is 5.56 Å². The molecule has 1 fully saturated rings. The van der Waals surface area contributed by atoms with Crippen molar-refractivity contribution in [3.63, 3.8) is 0 Å². The molecule has 4 rings (SSSR count). The molecule has 5 nitrogen and oxygen atoms in total. The molecule has 0 radical (unpaired) electrons. The molecule has 0 bridgehead atoms. The molecule has 0 spiro atoms. The molecule has 23 heavy (non-hydrogen) atoms. The first-order valence-electron chi connectivity index (χ1n) is 8.06. The number of nitrogens with zero attached hydrogens (tertiary/aromatic N) is 3. The van der Waals surface area contributed by atoms with E-state index in [4.69, 9.17) is 4.74 Å². The van der Waals surface area contributed by atoms with Crippen molar-refractivity contribution in [2.75, 3.05) is 6.61 Å². The quantitative estimate of drug-likeness (QED) is 0.728. The van der Waals surface area contributed by atoms with E-state index in [2.05, 4.69) is 5.10 Å². The lowest BCUT2D eigenvalue weighted by Crippen LogP contribution is -2.22. The smallest absolute Gasteiger partial charge is 0.276 e. The van der Waals surface area contributed by atoms with Gasteiger partial charge in [0.1, 0.15) is 11.3 Å². The Morgan fingerprint density at radius 3 is 2.70 bits per heavy atom. The lowest BCUT2D eigenvalue weighted by atomic mass is 10.1. The van der Waals surface area contributed by atoms with Crippen molar-refractivity contribution >= 4 is 5.52 Å². The number of hydrogen-bond acceptors (Lipinski definition) is 3. The normalized spacial score (nSPS) is 14.3. The molecule has 0 atom stereocenters. The first kappa shape index (κ1) is 14.1. The van der Waals surface area contributed by atoms with Gasteiger partial charge in [-0.25, -0.2) is 4.52 Å². The van der Waals surface area contributed by atoms with E-state index in [1.807, 2.05) is 49.6 Å². The summed E-state index contributed by atoms with van der Waals surface area (Å²) in [5.41, 5.74) is 2.43. The van der Waals surface area contributed by atoms with Crippen LogP contribution in [0.5, 0.6) is 5.75 Å². The van der Waals surface area contributed by atoms with E-state index in [1.165, 1.54) is 12.8 Å². The van der Waals surface area contributed by atoms with Gasteiger partial charge in [-0.1, -0.05) is 0 Å². The minimum atomic E-state index is 0.0316. The maximum Gasteiger partial charge on any atom is 0.276 e. The summed E-state index contributed by atoms with van der Waals surface area (Å²) in [7, 11) is 0. The highest BCUT2D eigenvalue weighted by Crippen LogP contribution is 2.30. The molecule has 0 unspecified atom stereocenters. The summed E-state index contributed by atoms with van der Waals surface area (Å²) < 4.78 is 8.92. The van der Waals surface area contributed by atoms with Crippen LogP contribution in [0.2, 0.25) is 0 Å². The Labute approximate surface area is 134 Å². The number of ether oxygens (including phenoxy) is 1. The van der Waals surface area contributed by atoms with E-state index >= 15 is 0 Å². The molecule has 118 valence electrons. The monoisotopic (exact) mass is 309 g/mol. The molecule has 0 amide bonds. The molecule has 2 heterocycles. The third-order valence-electron chi connectivity index (χ3n) is 4.22. The van der Waals surface area contributed by atoms with Gasteiger partial charge in [-0.15, -0.1) is 0 Å². The number of rotatable bonds is 5. The minimum absolute atomic E-state index is 0.0316. The Morgan fingerprint density at radius 1 is 1.22 bits per heavy atom. The largest absolute Gasteiger partial charge is 0.494 e. The predicted molar refractivity (Wildman–Crippen MR) is 88.8 cm³/mol. The highest BCUT2D eigenvalue weighted by atomic mass is 16.5. The van der Waals surface area contributed by atoms with Crippen molar-refractivity contribution in [1.82, 2.24) is 14.2 Å². The lowest BCUT2D eigenvalue weighted by molar-refractivity contribution is 0.340. The van der Waals surface area contributed by atoms with Gasteiger partial charge in [0, 0.05) is 24.5 Å². The second-order valence-electron chi connectivity index (χ2n) is 6.02. The Kier molecular flexibility index (Phi) is 3.41. The van der Waals surface area contributed by atoms with Crippen LogP contribution in [-0.2, 0) is 6.54 Å². The topological polar surface area (TPSA) is 48.5 Å². The second kappa shape index (κ2) is 5.57. The number of benzene rings is 1. The van der Waals surface area contributed by atoms with Crippen LogP contribution in [0.4, 0.5) is 0 Å². The van der Waals surface area contributed by atoms with Gasteiger partial charge in [0.05, 0.1) is 12.3 Å². The standard InChI is InChI=1S/C18H19N3O2/c1-2-23-15-7-5-14(6-8-15)16-11-17-18(22)20(12-13-3-4-13)9-10-21(17)19-16/h5-11,13H,2-4,12H2,1H3. The maximum atomic E-state index is 12.6. The zero-order valence-corrected chi connectivity index (χ0v) is 13.1. The summed E-state index contributed by atoms with van der Waals surface area (Å²) in [5, 5.41) is 4.52. The zero-order chi connectivity index (χ0) is 15.8. The summed E-state index contributed by atoms with van der Waals surface area (Å²) in [4.78, 5) is 12.6. The zero-order valence-electron chi connectivity index (χ0n) is 13.1. The van der Waals surface area contributed by atoms with Gasteiger partial charge in [0.2, 0.25) is 0 Å². The van der Waals surface area contributed by atoms with Crippen LogP contribution in [0.3, 0.4) is 0 Å². The van der Waals surface area contributed by atoms with Crippen molar-refractivity contribution in [2.45, 2.75) is 26.3 Å². The van der Waals surface area contributed by atoms with Crippen LogP contribution < -0.4 is 10.3 Å². The van der Waals surface area contributed by atoms with E-state index in [-0.39, 0.29) is 5.56 Å². The van der Waals surface area contributed by atoms with Gasteiger partial charge >= 0.3 is 0 Å². The van der Waals surface area contributed by atoms with Crippen LogP contribution in [0, 0.1) is 5.92 Å². The number of fused-ring (bicyclic) bond motifs is 1.